The van der Waals surface area contributed by atoms with Crippen molar-refractivity contribution < 1.29 is 13.2 Å². The zero-order valence-electron chi connectivity index (χ0n) is 17.3. The third kappa shape index (κ3) is 5.47. The Kier molecular flexibility index (Phi) is 7.46. The first-order chi connectivity index (χ1) is 13.2. The normalized spacial score (nSPS) is 18.6. The van der Waals surface area contributed by atoms with Gasteiger partial charge >= 0.3 is 0 Å². The van der Waals surface area contributed by atoms with Crippen LogP contribution in [0, 0.1) is 0 Å². The Labute approximate surface area is 168 Å². The minimum Gasteiger partial charge on any atom is -0.357 e. The summed E-state index contributed by atoms with van der Waals surface area (Å²) in [5.41, 5.74) is 1.56. The van der Waals surface area contributed by atoms with Gasteiger partial charge in [0, 0.05) is 31.7 Å². The Balaban J connectivity index is 2.14. The molecule has 2 N–H and O–H groups in total. The Hall–Kier alpha value is -2.09. The Morgan fingerprint density at radius 1 is 1.25 bits per heavy atom. The number of carbonyl (C=O) groups is 1. The molecule has 8 heteroatoms. The van der Waals surface area contributed by atoms with Gasteiger partial charge in [0.25, 0.3) is 5.91 Å². The average molecular weight is 409 g/mol. The van der Waals surface area contributed by atoms with Crippen LogP contribution in [0.2, 0.25) is 0 Å². The third-order valence-electron chi connectivity index (χ3n) is 4.81. The summed E-state index contributed by atoms with van der Waals surface area (Å²) in [6.07, 6.45) is 0.893. The van der Waals surface area contributed by atoms with Crippen molar-refractivity contribution in [1.82, 2.24) is 15.5 Å². The molecule has 1 heterocycles. The van der Waals surface area contributed by atoms with E-state index in [1.54, 1.807) is 19.9 Å². The summed E-state index contributed by atoms with van der Waals surface area (Å²) in [6.45, 7) is 10.1. The van der Waals surface area contributed by atoms with Crippen molar-refractivity contribution in [2.75, 3.05) is 31.9 Å². The van der Waals surface area contributed by atoms with Gasteiger partial charge in [0.15, 0.2) is 15.8 Å². The minimum atomic E-state index is -3.10. The van der Waals surface area contributed by atoms with Gasteiger partial charge in [-0.1, -0.05) is 19.1 Å². The first-order valence-corrected chi connectivity index (χ1v) is 11.5. The van der Waals surface area contributed by atoms with Gasteiger partial charge in [-0.3, -0.25) is 4.79 Å². The summed E-state index contributed by atoms with van der Waals surface area (Å²) in [6, 6.07) is 7.44. The van der Waals surface area contributed by atoms with Crippen molar-refractivity contribution >= 4 is 21.7 Å². The van der Waals surface area contributed by atoms with Crippen molar-refractivity contribution in [1.29, 1.82) is 0 Å². The molecule has 1 aliphatic rings. The first kappa shape index (κ1) is 22.2. The lowest BCUT2D eigenvalue weighted by molar-refractivity contribution is 0.0953. The van der Waals surface area contributed by atoms with E-state index in [0.717, 1.165) is 12.0 Å². The van der Waals surface area contributed by atoms with Crippen LogP contribution in [-0.2, 0) is 16.4 Å². The number of nitrogens with one attached hydrogen (secondary N) is 2. The maximum absolute atomic E-state index is 12.3. The molecular weight excluding hydrogens is 376 g/mol. The molecule has 2 rings (SSSR count). The average Bonchev–Trinajstić information content (AvgIpc) is 2.65. The van der Waals surface area contributed by atoms with E-state index < -0.39 is 14.6 Å². The summed E-state index contributed by atoms with van der Waals surface area (Å²) in [5.74, 6) is 0.742. The molecule has 0 unspecified atom stereocenters. The fraction of sp³-hybridized carbons (Fsp3) is 0.600. The van der Waals surface area contributed by atoms with Gasteiger partial charge in [0.1, 0.15) is 0 Å². The number of hydrogen-bond acceptors (Lipinski definition) is 4. The topological polar surface area (TPSA) is 90.9 Å². The number of carbonyl (C=O) groups excluding carboxylic acids is 1. The number of rotatable bonds is 6. The second kappa shape index (κ2) is 9.41. The Morgan fingerprint density at radius 2 is 2.00 bits per heavy atom. The maximum atomic E-state index is 12.3. The fourth-order valence-electron chi connectivity index (χ4n) is 3.07. The molecule has 0 radical (unpaired) electrons. The number of sulfone groups is 1. The van der Waals surface area contributed by atoms with Crippen LogP contribution in [0.4, 0.5) is 0 Å². The van der Waals surface area contributed by atoms with E-state index in [9.17, 15) is 13.2 Å². The second-order valence-electron chi connectivity index (χ2n) is 7.63. The smallest absolute Gasteiger partial charge is 0.251 e. The van der Waals surface area contributed by atoms with E-state index >= 15 is 0 Å². The summed E-state index contributed by atoms with van der Waals surface area (Å²) < 4.78 is 23.7. The highest BCUT2D eigenvalue weighted by molar-refractivity contribution is 7.92. The summed E-state index contributed by atoms with van der Waals surface area (Å²) in [5, 5.41) is 6.13. The second-order valence-corrected chi connectivity index (χ2v) is 10.4. The van der Waals surface area contributed by atoms with Gasteiger partial charge in [-0.25, -0.2) is 13.4 Å². The molecule has 0 atom stereocenters. The van der Waals surface area contributed by atoms with Crippen molar-refractivity contribution in [2.24, 2.45) is 4.99 Å². The molecule has 1 fully saturated rings. The van der Waals surface area contributed by atoms with Crippen LogP contribution in [0.1, 0.15) is 50.0 Å². The van der Waals surface area contributed by atoms with Crippen LogP contribution in [0.25, 0.3) is 0 Å². The summed E-state index contributed by atoms with van der Waals surface area (Å²) in [7, 11) is -3.10. The molecule has 0 aromatic heterocycles. The highest BCUT2D eigenvalue weighted by Gasteiger charge is 2.40. The van der Waals surface area contributed by atoms with Crippen LogP contribution < -0.4 is 10.6 Å². The van der Waals surface area contributed by atoms with E-state index in [0.29, 0.717) is 44.2 Å². The van der Waals surface area contributed by atoms with E-state index in [4.69, 9.17) is 0 Å². The predicted octanol–water partition coefficient (Wildman–Crippen LogP) is 1.80. The monoisotopic (exact) mass is 408 g/mol. The zero-order valence-corrected chi connectivity index (χ0v) is 18.1. The fourth-order valence-corrected chi connectivity index (χ4v) is 4.43. The van der Waals surface area contributed by atoms with Crippen molar-refractivity contribution in [3.63, 3.8) is 0 Å². The largest absolute Gasteiger partial charge is 0.357 e. The van der Waals surface area contributed by atoms with Crippen LogP contribution >= 0.6 is 0 Å². The molecule has 7 nitrogen and oxygen atoms in total. The third-order valence-corrected chi connectivity index (χ3v) is 7.35. The van der Waals surface area contributed by atoms with E-state index in [2.05, 4.69) is 15.6 Å². The van der Waals surface area contributed by atoms with Gasteiger partial charge in [-0.2, -0.15) is 0 Å². The lowest BCUT2D eigenvalue weighted by Gasteiger charge is -2.39. The summed E-state index contributed by atoms with van der Waals surface area (Å²) >= 11 is 0. The number of hydrogen-bond donors (Lipinski definition) is 2. The minimum absolute atomic E-state index is 0.0810. The lowest BCUT2D eigenvalue weighted by Crippen LogP contribution is -2.57. The van der Waals surface area contributed by atoms with Gasteiger partial charge in [-0.05, 0) is 44.9 Å². The number of benzene rings is 1. The van der Waals surface area contributed by atoms with Gasteiger partial charge in [0.2, 0.25) is 0 Å². The SMILES string of the molecule is CCCNC(=O)c1cccc(CN=C(NCC)N2CCS(=O)(=O)C(C)(C)C2)c1. The van der Waals surface area contributed by atoms with E-state index in [-0.39, 0.29) is 11.7 Å². The summed E-state index contributed by atoms with van der Waals surface area (Å²) in [4.78, 5) is 18.8. The Bertz CT molecular complexity index is 818. The van der Waals surface area contributed by atoms with Crippen LogP contribution in [-0.4, -0.2) is 61.9 Å². The van der Waals surface area contributed by atoms with Gasteiger partial charge in [-0.15, -0.1) is 0 Å². The standard InChI is InChI=1S/C20H32N4O3S/c1-5-10-22-18(25)17-9-7-8-16(13-17)14-23-19(21-6-2)24-11-12-28(26,27)20(3,4)15-24/h7-9,13H,5-6,10-12,14-15H2,1-4H3,(H,21,23)(H,22,25). The first-order valence-electron chi connectivity index (χ1n) is 9.83. The molecular formula is C20H32N4O3S. The van der Waals surface area contributed by atoms with Gasteiger partial charge < -0.3 is 15.5 Å². The molecule has 1 saturated heterocycles. The zero-order chi connectivity index (χ0) is 20.8. The molecule has 1 aliphatic heterocycles. The van der Waals surface area contributed by atoms with Crippen molar-refractivity contribution in [3.8, 4) is 0 Å². The quantitative estimate of drug-likeness (QED) is 0.553. The highest BCUT2D eigenvalue weighted by atomic mass is 32.2. The molecule has 1 aromatic rings. The maximum Gasteiger partial charge on any atom is 0.251 e. The lowest BCUT2D eigenvalue weighted by atomic mass is 10.1. The molecule has 0 bridgehead atoms. The van der Waals surface area contributed by atoms with Crippen LogP contribution in [0.3, 0.4) is 0 Å². The molecule has 0 saturated carbocycles. The van der Waals surface area contributed by atoms with Crippen LogP contribution in [0.15, 0.2) is 29.3 Å². The Morgan fingerprint density at radius 3 is 2.64 bits per heavy atom. The molecule has 0 spiro atoms. The number of aliphatic imine (C=N–C) groups is 1. The molecule has 28 heavy (non-hydrogen) atoms. The van der Waals surface area contributed by atoms with Crippen molar-refractivity contribution in [2.45, 2.75) is 45.4 Å². The predicted molar refractivity (Wildman–Crippen MR) is 113 cm³/mol. The number of nitrogens with zero attached hydrogens (tertiary/aromatic N) is 2. The van der Waals surface area contributed by atoms with Gasteiger partial charge in [0.05, 0.1) is 17.0 Å². The van der Waals surface area contributed by atoms with Crippen molar-refractivity contribution in [3.05, 3.63) is 35.4 Å². The van der Waals surface area contributed by atoms with E-state index in [1.165, 1.54) is 0 Å². The molecule has 1 amide bonds. The molecule has 0 aliphatic carbocycles. The van der Waals surface area contributed by atoms with Crippen LogP contribution in [0.5, 0.6) is 0 Å². The molecule has 1 aromatic carbocycles. The van der Waals surface area contributed by atoms with E-state index in [1.807, 2.05) is 36.9 Å². The molecule has 156 valence electrons. The highest BCUT2D eigenvalue weighted by Crippen LogP contribution is 2.23. The number of guanidine groups is 1. The number of amides is 1.